The highest BCUT2D eigenvalue weighted by molar-refractivity contribution is 5.90. The molecule has 1 heterocycles. The van der Waals surface area contributed by atoms with Crippen molar-refractivity contribution in [2.75, 3.05) is 6.54 Å². The summed E-state index contributed by atoms with van der Waals surface area (Å²) in [6.45, 7) is 14.9. The van der Waals surface area contributed by atoms with E-state index in [-0.39, 0.29) is 30.2 Å². The van der Waals surface area contributed by atoms with Crippen molar-refractivity contribution in [1.29, 1.82) is 0 Å². The number of hydrazine groups is 1. The number of hydrogen-bond donors (Lipinski definition) is 3. The summed E-state index contributed by atoms with van der Waals surface area (Å²) in [6.07, 6.45) is 6.28. The van der Waals surface area contributed by atoms with Crippen molar-refractivity contribution in [2.45, 2.75) is 90.4 Å². The summed E-state index contributed by atoms with van der Waals surface area (Å²) in [7, 11) is 0. The topological polar surface area (TPSA) is 117 Å². The van der Waals surface area contributed by atoms with Crippen LogP contribution in [0.5, 0.6) is 0 Å². The third-order valence-electron chi connectivity index (χ3n) is 6.66. The van der Waals surface area contributed by atoms with Gasteiger partial charge in [0.05, 0.1) is 6.04 Å². The number of unbranched alkanes of at least 4 members (excludes halogenated alkanes) is 2. The maximum absolute atomic E-state index is 13.1. The second kappa shape index (κ2) is 15.8. The van der Waals surface area contributed by atoms with E-state index < -0.39 is 30.1 Å². The molecule has 39 heavy (non-hydrogen) atoms. The molecule has 0 aromatic heterocycles. The predicted molar refractivity (Wildman–Crippen MR) is 152 cm³/mol. The largest absolute Gasteiger partial charge is 0.452 e. The Balaban J connectivity index is 1.91. The third kappa shape index (κ3) is 9.98. The Hall–Kier alpha value is -3.46. The zero-order valence-electron chi connectivity index (χ0n) is 23.7. The van der Waals surface area contributed by atoms with Gasteiger partial charge in [0, 0.05) is 13.0 Å². The summed E-state index contributed by atoms with van der Waals surface area (Å²) >= 11 is 0. The highest BCUT2D eigenvalue weighted by atomic mass is 16.5. The van der Waals surface area contributed by atoms with Crippen LogP contribution in [0.2, 0.25) is 0 Å². The van der Waals surface area contributed by atoms with Gasteiger partial charge in [-0.05, 0) is 69.1 Å². The van der Waals surface area contributed by atoms with Crippen molar-refractivity contribution < 1.29 is 23.9 Å². The minimum Gasteiger partial charge on any atom is -0.452 e. The van der Waals surface area contributed by atoms with Crippen molar-refractivity contribution >= 4 is 29.8 Å². The first-order valence-electron chi connectivity index (χ1n) is 13.8. The highest BCUT2D eigenvalue weighted by Crippen LogP contribution is 2.17. The maximum Gasteiger partial charge on any atom is 0.306 e. The Morgan fingerprint density at radius 1 is 1.13 bits per heavy atom. The first-order valence-corrected chi connectivity index (χ1v) is 13.8. The molecule has 9 heteroatoms. The lowest BCUT2D eigenvalue weighted by atomic mass is 10.0. The molecule has 0 bridgehead atoms. The lowest BCUT2D eigenvalue weighted by molar-refractivity contribution is -0.159. The maximum atomic E-state index is 13.1. The second-order valence-corrected chi connectivity index (χ2v) is 10.3. The Kier molecular flexibility index (Phi) is 12.9. The smallest absolute Gasteiger partial charge is 0.306 e. The van der Waals surface area contributed by atoms with Gasteiger partial charge in [0.1, 0.15) is 12.1 Å². The van der Waals surface area contributed by atoms with Gasteiger partial charge in [-0.2, -0.15) is 0 Å². The van der Waals surface area contributed by atoms with Gasteiger partial charge in [-0.1, -0.05) is 50.8 Å². The van der Waals surface area contributed by atoms with Crippen molar-refractivity contribution in [3.63, 3.8) is 0 Å². The number of benzene rings is 1. The number of rotatable bonds is 14. The van der Waals surface area contributed by atoms with E-state index >= 15 is 0 Å². The van der Waals surface area contributed by atoms with Crippen LogP contribution < -0.4 is 16.1 Å². The minimum absolute atomic E-state index is 0.208. The van der Waals surface area contributed by atoms with Crippen LogP contribution in [0, 0.1) is 5.92 Å². The molecule has 1 aromatic carbocycles. The molecule has 2 rings (SSSR count). The number of nitrogens with zero attached hydrogens (tertiary/aromatic N) is 1. The Morgan fingerprint density at radius 2 is 1.87 bits per heavy atom. The Labute approximate surface area is 232 Å². The van der Waals surface area contributed by atoms with E-state index in [0.29, 0.717) is 25.8 Å². The molecule has 214 valence electrons. The molecular weight excluding hydrogens is 496 g/mol. The molecule has 1 saturated heterocycles. The average molecular weight is 541 g/mol. The molecule has 0 aliphatic carbocycles. The molecule has 1 aromatic rings. The zero-order valence-corrected chi connectivity index (χ0v) is 23.7. The number of nitrogens with one attached hydrogen (secondary N) is 3. The lowest BCUT2D eigenvalue weighted by Gasteiger charge is -2.35. The van der Waals surface area contributed by atoms with Crippen molar-refractivity contribution in [3.05, 3.63) is 54.6 Å². The molecule has 9 nitrogen and oxygen atoms in total. The van der Waals surface area contributed by atoms with E-state index in [1.807, 2.05) is 31.2 Å². The molecule has 1 aliphatic rings. The molecule has 4 atom stereocenters. The van der Waals surface area contributed by atoms with Gasteiger partial charge in [-0.25, -0.2) is 5.43 Å². The quantitative estimate of drug-likeness (QED) is 0.188. The van der Waals surface area contributed by atoms with Crippen molar-refractivity contribution in [1.82, 2.24) is 21.1 Å². The van der Waals surface area contributed by atoms with Gasteiger partial charge < -0.3 is 15.4 Å². The SMILES string of the molecule is C=CCCCCC(=O)OC(C(=O)NC(C)C(=O)N1CCCC(C(=O)N[C@H](C)c2cccc(C=C)c2)N1)C(C)C. The summed E-state index contributed by atoms with van der Waals surface area (Å²) < 4.78 is 5.44. The standard InChI is InChI=1S/C30H44N4O5/c1-7-9-10-11-17-26(35)39-27(20(3)4)29(37)32-22(6)30(38)34-18-13-16-25(33-34)28(36)31-21(5)24-15-12-14-23(8-2)19-24/h7-8,12,14-15,19-22,25,27,33H,1-2,9-11,13,16-18H2,3-6H3,(H,31,36)(H,32,37)/t21-,22?,25?,27?/m1/s1. The lowest BCUT2D eigenvalue weighted by Crippen LogP contribution is -2.61. The van der Waals surface area contributed by atoms with E-state index in [9.17, 15) is 19.2 Å². The molecule has 0 saturated carbocycles. The van der Waals surface area contributed by atoms with Crippen molar-refractivity contribution in [2.24, 2.45) is 5.92 Å². The van der Waals surface area contributed by atoms with Gasteiger partial charge in [0.25, 0.3) is 11.8 Å². The van der Waals surface area contributed by atoms with Crippen molar-refractivity contribution in [3.8, 4) is 0 Å². The number of esters is 1. The number of ether oxygens (including phenoxy) is 1. The van der Waals surface area contributed by atoms with Crippen LogP contribution in [0.1, 0.15) is 83.4 Å². The summed E-state index contributed by atoms with van der Waals surface area (Å²) in [5.41, 5.74) is 4.94. The molecule has 3 unspecified atom stereocenters. The van der Waals surface area contributed by atoms with Crippen LogP contribution in [0.25, 0.3) is 6.08 Å². The fraction of sp³-hybridized carbons (Fsp3) is 0.533. The minimum atomic E-state index is -0.999. The van der Waals surface area contributed by atoms with E-state index in [1.165, 1.54) is 5.01 Å². The summed E-state index contributed by atoms with van der Waals surface area (Å²) in [4.78, 5) is 51.2. The van der Waals surface area contributed by atoms with Gasteiger partial charge in [0.15, 0.2) is 6.10 Å². The van der Waals surface area contributed by atoms with Crippen LogP contribution in [0.15, 0.2) is 43.5 Å². The van der Waals surface area contributed by atoms with Crippen LogP contribution in [0.4, 0.5) is 0 Å². The predicted octanol–water partition coefficient (Wildman–Crippen LogP) is 3.82. The van der Waals surface area contributed by atoms with E-state index in [1.54, 1.807) is 32.9 Å². The normalized spacial score (nSPS) is 17.5. The summed E-state index contributed by atoms with van der Waals surface area (Å²) in [5.74, 6) is -1.80. The first-order chi connectivity index (χ1) is 18.6. The first kappa shape index (κ1) is 31.8. The van der Waals surface area contributed by atoms with E-state index in [4.69, 9.17) is 4.74 Å². The highest BCUT2D eigenvalue weighted by Gasteiger charge is 2.33. The van der Waals surface area contributed by atoms with Gasteiger partial charge in [-0.15, -0.1) is 6.58 Å². The fourth-order valence-electron chi connectivity index (χ4n) is 4.33. The van der Waals surface area contributed by atoms with Crippen LogP contribution >= 0.6 is 0 Å². The number of amides is 3. The van der Waals surface area contributed by atoms with Crippen LogP contribution in [-0.2, 0) is 23.9 Å². The summed E-state index contributed by atoms with van der Waals surface area (Å²) in [5, 5.41) is 7.07. The molecule has 3 N–H and O–H groups in total. The van der Waals surface area contributed by atoms with Crippen LogP contribution in [0.3, 0.4) is 0 Å². The van der Waals surface area contributed by atoms with Crippen LogP contribution in [-0.4, -0.2) is 53.4 Å². The molecule has 0 spiro atoms. The van der Waals surface area contributed by atoms with E-state index in [0.717, 1.165) is 24.0 Å². The molecule has 1 fully saturated rings. The second-order valence-electron chi connectivity index (χ2n) is 10.3. The molecular formula is C30H44N4O5. The Morgan fingerprint density at radius 3 is 2.54 bits per heavy atom. The van der Waals surface area contributed by atoms with E-state index in [2.05, 4.69) is 29.2 Å². The number of allylic oxidation sites excluding steroid dienone is 1. The Bertz CT molecular complexity index is 1020. The fourth-order valence-corrected chi connectivity index (χ4v) is 4.33. The molecule has 0 radical (unpaired) electrons. The number of hydrogen-bond acceptors (Lipinski definition) is 6. The van der Waals surface area contributed by atoms with Gasteiger partial charge in [0.2, 0.25) is 5.91 Å². The molecule has 3 amide bonds. The third-order valence-corrected chi connectivity index (χ3v) is 6.66. The van der Waals surface area contributed by atoms with Gasteiger partial charge in [-0.3, -0.25) is 24.2 Å². The van der Waals surface area contributed by atoms with Gasteiger partial charge >= 0.3 is 5.97 Å². The average Bonchev–Trinajstić information content (AvgIpc) is 2.93. The monoisotopic (exact) mass is 540 g/mol. The number of carbonyl (C=O) groups excluding carboxylic acids is 4. The number of carbonyl (C=O) groups is 4. The molecule has 1 aliphatic heterocycles. The summed E-state index contributed by atoms with van der Waals surface area (Å²) in [6, 6.07) is 6.09. The zero-order chi connectivity index (χ0) is 28.9.